The highest BCUT2D eigenvalue weighted by Gasteiger charge is 2.11. The standard InChI is InChI=1S/C16H18O2/c1-18-16-9-5-8-14(11-16)15(12-17)10-13-6-3-2-4-7-13/h2-9,11,15,17H,10,12H2,1H3. The number of benzene rings is 2. The molecule has 1 N–H and O–H groups in total. The molecule has 1 unspecified atom stereocenters. The molecule has 0 spiro atoms. The van der Waals surface area contributed by atoms with Gasteiger partial charge in [0, 0.05) is 5.92 Å². The number of hydrogen-bond acceptors (Lipinski definition) is 2. The summed E-state index contributed by atoms with van der Waals surface area (Å²) in [6, 6.07) is 18.1. The van der Waals surface area contributed by atoms with Gasteiger partial charge in [0.05, 0.1) is 13.7 Å². The third-order valence-corrected chi connectivity index (χ3v) is 3.11. The van der Waals surface area contributed by atoms with Gasteiger partial charge >= 0.3 is 0 Å². The van der Waals surface area contributed by atoms with E-state index in [1.807, 2.05) is 42.5 Å². The minimum absolute atomic E-state index is 0.113. The molecule has 0 saturated heterocycles. The molecule has 0 aromatic heterocycles. The highest BCUT2D eigenvalue weighted by atomic mass is 16.5. The molecule has 0 heterocycles. The van der Waals surface area contributed by atoms with E-state index in [4.69, 9.17) is 4.74 Å². The van der Waals surface area contributed by atoms with E-state index in [1.165, 1.54) is 5.56 Å². The smallest absolute Gasteiger partial charge is 0.119 e. The Bertz CT molecular complexity index is 479. The van der Waals surface area contributed by atoms with Crippen molar-refractivity contribution in [2.45, 2.75) is 12.3 Å². The van der Waals surface area contributed by atoms with Crippen LogP contribution < -0.4 is 4.74 Å². The van der Waals surface area contributed by atoms with E-state index >= 15 is 0 Å². The summed E-state index contributed by atoms with van der Waals surface area (Å²) >= 11 is 0. The first-order valence-corrected chi connectivity index (χ1v) is 6.12. The predicted molar refractivity (Wildman–Crippen MR) is 73.0 cm³/mol. The quantitative estimate of drug-likeness (QED) is 0.873. The molecule has 0 bridgehead atoms. The zero-order valence-corrected chi connectivity index (χ0v) is 10.5. The molecule has 94 valence electrons. The van der Waals surface area contributed by atoms with E-state index in [2.05, 4.69) is 12.1 Å². The lowest BCUT2D eigenvalue weighted by molar-refractivity contribution is 0.264. The second-order valence-electron chi connectivity index (χ2n) is 4.35. The molecule has 0 aliphatic rings. The first-order valence-electron chi connectivity index (χ1n) is 6.12. The van der Waals surface area contributed by atoms with Crippen molar-refractivity contribution < 1.29 is 9.84 Å². The number of ether oxygens (including phenoxy) is 1. The molecular weight excluding hydrogens is 224 g/mol. The monoisotopic (exact) mass is 242 g/mol. The van der Waals surface area contributed by atoms with E-state index in [0.717, 1.165) is 17.7 Å². The normalized spacial score (nSPS) is 12.1. The molecule has 2 heteroatoms. The third-order valence-electron chi connectivity index (χ3n) is 3.11. The molecule has 2 aromatic rings. The van der Waals surface area contributed by atoms with Crippen LogP contribution in [0.4, 0.5) is 0 Å². The number of aliphatic hydroxyl groups is 1. The highest BCUT2D eigenvalue weighted by molar-refractivity contribution is 5.32. The summed E-state index contributed by atoms with van der Waals surface area (Å²) in [6.45, 7) is 0.141. The fraction of sp³-hybridized carbons (Fsp3) is 0.250. The molecule has 0 radical (unpaired) electrons. The molecule has 0 saturated carbocycles. The van der Waals surface area contributed by atoms with Crippen molar-refractivity contribution in [3.8, 4) is 5.75 Å². The first kappa shape index (κ1) is 12.7. The Morgan fingerprint density at radius 2 is 1.83 bits per heavy atom. The number of methoxy groups -OCH3 is 1. The van der Waals surface area contributed by atoms with Crippen molar-refractivity contribution in [3.05, 3.63) is 65.7 Å². The minimum Gasteiger partial charge on any atom is -0.497 e. The summed E-state index contributed by atoms with van der Waals surface area (Å²) in [7, 11) is 1.66. The van der Waals surface area contributed by atoms with E-state index in [1.54, 1.807) is 7.11 Å². The van der Waals surface area contributed by atoms with Gasteiger partial charge in [0.2, 0.25) is 0 Å². The summed E-state index contributed by atoms with van der Waals surface area (Å²) in [5.41, 5.74) is 2.35. The number of aliphatic hydroxyl groups excluding tert-OH is 1. The van der Waals surface area contributed by atoms with Gasteiger partial charge in [-0.25, -0.2) is 0 Å². The number of hydrogen-bond donors (Lipinski definition) is 1. The van der Waals surface area contributed by atoms with Crippen LogP contribution in [0.3, 0.4) is 0 Å². The maximum Gasteiger partial charge on any atom is 0.119 e. The van der Waals surface area contributed by atoms with Crippen LogP contribution in [0.5, 0.6) is 5.75 Å². The van der Waals surface area contributed by atoms with Gasteiger partial charge in [-0.2, -0.15) is 0 Å². The fourth-order valence-electron chi connectivity index (χ4n) is 2.08. The lowest BCUT2D eigenvalue weighted by Crippen LogP contribution is -2.07. The van der Waals surface area contributed by atoms with Gasteiger partial charge in [0.25, 0.3) is 0 Å². The van der Waals surface area contributed by atoms with Crippen molar-refractivity contribution in [2.75, 3.05) is 13.7 Å². The van der Waals surface area contributed by atoms with Crippen molar-refractivity contribution in [2.24, 2.45) is 0 Å². The van der Waals surface area contributed by atoms with Gasteiger partial charge in [0.15, 0.2) is 0 Å². The van der Waals surface area contributed by atoms with E-state index < -0.39 is 0 Å². The summed E-state index contributed by atoms with van der Waals surface area (Å²) < 4.78 is 5.22. The Morgan fingerprint density at radius 3 is 2.50 bits per heavy atom. The van der Waals surface area contributed by atoms with Crippen LogP contribution in [-0.2, 0) is 6.42 Å². The topological polar surface area (TPSA) is 29.5 Å². The maximum absolute atomic E-state index is 9.56. The molecule has 2 aromatic carbocycles. The van der Waals surface area contributed by atoms with Gasteiger partial charge in [-0.1, -0.05) is 42.5 Å². The summed E-state index contributed by atoms with van der Waals surface area (Å²) in [5, 5.41) is 9.56. The summed E-state index contributed by atoms with van der Waals surface area (Å²) in [4.78, 5) is 0. The Morgan fingerprint density at radius 1 is 1.06 bits per heavy atom. The SMILES string of the molecule is COc1cccc(C(CO)Cc2ccccc2)c1. The molecule has 0 aliphatic carbocycles. The predicted octanol–water partition coefficient (Wildman–Crippen LogP) is 3.01. The average molecular weight is 242 g/mol. The third kappa shape index (κ3) is 3.11. The zero-order valence-electron chi connectivity index (χ0n) is 10.5. The van der Waals surface area contributed by atoms with Crippen molar-refractivity contribution in [1.82, 2.24) is 0 Å². The summed E-state index contributed by atoms with van der Waals surface area (Å²) in [5.74, 6) is 0.946. The van der Waals surface area contributed by atoms with E-state index in [0.29, 0.717) is 0 Å². The molecule has 0 fully saturated rings. The molecular formula is C16H18O2. The Balaban J connectivity index is 2.17. The molecule has 2 rings (SSSR count). The van der Waals surface area contributed by atoms with Gasteiger partial charge < -0.3 is 9.84 Å². The van der Waals surface area contributed by atoms with Crippen LogP contribution in [0.15, 0.2) is 54.6 Å². The zero-order chi connectivity index (χ0) is 12.8. The molecule has 18 heavy (non-hydrogen) atoms. The minimum atomic E-state index is 0.113. The molecule has 0 aliphatic heterocycles. The second-order valence-corrected chi connectivity index (χ2v) is 4.35. The fourth-order valence-corrected chi connectivity index (χ4v) is 2.08. The van der Waals surface area contributed by atoms with Gasteiger partial charge in [-0.15, -0.1) is 0 Å². The van der Waals surface area contributed by atoms with Crippen LogP contribution in [0, 0.1) is 0 Å². The molecule has 2 nitrogen and oxygen atoms in total. The average Bonchev–Trinajstić information content (AvgIpc) is 2.46. The maximum atomic E-state index is 9.56. The summed E-state index contributed by atoms with van der Waals surface area (Å²) in [6.07, 6.45) is 0.838. The molecule has 0 amide bonds. The Labute approximate surface area is 108 Å². The Hall–Kier alpha value is -1.80. The van der Waals surface area contributed by atoms with Gasteiger partial charge in [0.1, 0.15) is 5.75 Å². The van der Waals surface area contributed by atoms with E-state index in [-0.39, 0.29) is 12.5 Å². The van der Waals surface area contributed by atoms with Gasteiger partial charge in [-0.3, -0.25) is 0 Å². The largest absolute Gasteiger partial charge is 0.497 e. The first-order chi connectivity index (χ1) is 8.83. The van der Waals surface area contributed by atoms with Gasteiger partial charge in [-0.05, 0) is 29.7 Å². The Kier molecular flexibility index (Phi) is 4.37. The molecule has 1 atom stereocenters. The highest BCUT2D eigenvalue weighted by Crippen LogP contribution is 2.24. The van der Waals surface area contributed by atoms with Crippen LogP contribution in [0.25, 0.3) is 0 Å². The van der Waals surface area contributed by atoms with Crippen molar-refractivity contribution >= 4 is 0 Å². The van der Waals surface area contributed by atoms with Crippen LogP contribution in [-0.4, -0.2) is 18.8 Å². The van der Waals surface area contributed by atoms with Crippen LogP contribution >= 0.6 is 0 Å². The van der Waals surface area contributed by atoms with Crippen molar-refractivity contribution in [1.29, 1.82) is 0 Å². The lowest BCUT2D eigenvalue weighted by Gasteiger charge is -2.15. The van der Waals surface area contributed by atoms with Crippen molar-refractivity contribution in [3.63, 3.8) is 0 Å². The van der Waals surface area contributed by atoms with E-state index in [9.17, 15) is 5.11 Å². The second kappa shape index (κ2) is 6.22. The lowest BCUT2D eigenvalue weighted by atomic mass is 9.92. The van der Waals surface area contributed by atoms with Crippen LogP contribution in [0.2, 0.25) is 0 Å². The van der Waals surface area contributed by atoms with Crippen LogP contribution in [0.1, 0.15) is 17.0 Å². The number of rotatable bonds is 5.